The lowest BCUT2D eigenvalue weighted by Crippen LogP contribution is -2.28. The molecule has 0 saturated heterocycles. The third-order valence-corrected chi connectivity index (χ3v) is 7.92. The van der Waals surface area contributed by atoms with E-state index in [2.05, 4.69) is 0 Å². The number of aliphatic carboxylic acids is 1. The van der Waals surface area contributed by atoms with E-state index >= 15 is 0 Å². The van der Waals surface area contributed by atoms with Gasteiger partial charge in [0.05, 0.1) is 13.7 Å². The summed E-state index contributed by atoms with van der Waals surface area (Å²) in [5, 5.41) is 69.8. The summed E-state index contributed by atoms with van der Waals surface area (Å²) in [6, 6.07) is 14.8. The average molecular weight is 733 g/mol. The zero-order chi connectivity index (χ0) is 38.8. The number of methoxy groups -OCH3 is 1. The molecule has 1 aliphatic rings. The number of ether oxygens (including phenoxy) is 4. The Morgan fingerprint density at radius 1 is 0.811 bits per heavy atom. The monoisotopic (exact) mass is 732 g/mol. The van der Waals surface area contributed by atoms with Gasteiger partial charge >= 0.3 is 24.1 Å². The highest BCUT2D eigenvalue weighted by Gasteiger charge is 2.44. The Morgan fingerprint density at radius 2 is 1.43 bits per heavy atom. The summed E-state index contributed by atoms with van der Waals surface area (Å²) in [7, 11) is 1.41. The molecule has 0 aliphatic carbocycles. The van der Waals surface area contributed by atoms with Gasteiger partial charge in [0.1, 0.15) is 12.0 Å². The molecule has 1 aliphatic heterocycles. The van der Waals surface area contributed by atoms with E-state index in [1.54, 1.807) is 12.1 Å². The smallest absolute Gasteiger partial charge is 0.373 e. The third-order valence-electron chi connectivity index (χ3n) is 7.92. The quantitative estimate of drug-likeness (QED) is 0.0623. The number of hydrogen-bond donors (Lipinski definition) is 7. The van der Waals surface area contributed by atoms with Gasteiger partial charge < -0.3 is 54.7 Å². The van der Waals surface area contributed by atoms with Crippen molar-refractivity contribution in [3.8, 4) is 46.0 Å². The maximum Gasteiger partial charge on any atom is 0.373 e. The predicted molar refractivity (Wildman–Crippen MR) is 178 cm³/mol. The molecule has 5 rings (SSSR count). The second-order valence-corrected chi connectivity index (χ2v) is 11.3. The molecule has 4 aromatic rings. The summed E-state index contributed by atoms with van der Waals surface area (Å²) in [5.41, 5.74) is 1.48. The van der Waals surface area contributed by atoms with Gasteiger partial charge in [0.15, 0.2) is 46.0 Å². The number of carbonyl (C=O) groups excluding carboxylic acids is 4. The minimum Gasteiger partial charge on any atom is -0.504 e. The number of phenols is 6. The van der Waals surface area contributed by atoms with E-state index in [0.717, 1.165) is 18.2 Å². The van der Waals surface area contributed by atoms with Crippen molar-refractivity contribution in [2.24, 2.45) is 0 Å². The Hall–Kier alpha value is -7.19. The van der Waals surface area contributed by atoms with Crippen LogP contribution in [0.1, 0.15) is 39.8 Å². The molecule has 1 heterocycles. The fourth-order valence-corrected chi connectivity index (χ4v) is 5.44. The van der Waals surface area contributed by atoms with Gasteiger partial charge in [-0.1, -0.05) is 24.3 Å². The molecule has 3 atom stereocenters. The van der Waals surface area contributed by atoms with Crippen molar-refractivity contribution in [1.82, 2.24) is 0 Å². The number of phenolic OH excluding ortho intramolecular Hbond substituents is 6. The number of fused-ring (bicyclic) bond motifs is 1. The molecule has 276 valence electrons. The van der Waals surface area contributed by atoms with Gasteiger partial charge in [-0.2, -0.15) is 9.59 Å². The number of carbonyl (C=O) groups is 3. The number of benzene rings is 4. The van der Waals surface area contributed by atoms with Crippen molar-refractivity contribution < 1.29 is 78.7 Å². The topological polar surface area (TPSA) is 264 Å². The van der Waals surface area contributed by atoms with Crippen molar-refractivity contribution in [3.63, 3.8) is 0 Å². The van der Waals surface area contributed by atoms with Crippen LogP contribution in [0.15, 0.2) is 72.8 Å². The van der Waals surface area contributed by atoms with E-state index in [1.807, 2.05) is 0 Å². The fraction of sp³-hybridized carbons (Fsp3) is 0.189. The maximum absolute atomic E-state index is 13.8. The standard InChI is InChI=1S/C36H32O14.CO2/c1-47-28-10-3-18(14-27(28)42)12-13-48-36(46)32-31-20(4-9-24(39)34(31)50-33(32)21-5-8-23(38)26(41)17-21)6-11-30(43)49-29(35(44)45)16-19-2-7-22(37)25(40)15-19;2-1-3/h2-11,14-15,17,29,32-33,37-42H,12-13,16H2,1H3,(H,44,45);/b11-6+;/t29-,32+,33-;/m1./s1. The lowest BCUT2D eigenvalue weighted by Gasteiger charge is -2.19. The molecule has 16 heteroatoms. The molecule has 7 N–H and O–H groups in total. The van der Waals surface area contributed by atoms with Gasteiger partial charge in [0, 0.05) is 24.5 Å². The summed E-state index contributed by atoms with van der Waals surface area (Å²) in [4.78, 5) is 54.7. The van der Waals surface area contributed by atoms with Crippen LogP contribution in [0.3, 0.4) is 0 Å². The van der Waals surface area contributed by atoms with E-state index < -0.39 is 59.0 Å². The second-order valence-electron chi connectivity index (χ2n) is 11.3. The molecule has 0 fully saturated rings. The highest BCUT2D eigenvalue weighted by molar-refractivity contribution is 5.91. The highest BCUT2D eigenvalue weighted by atomic mass is 16.6. The first-order valence-electron chi connectivity index (χ1n) is 15.5. The number of hydrogen-bond acceptors (Lipinski definition) is 15. The minimum absolute atomic E-state index is 0.0959. The van der Waals surface area contributed by atoms with E-state index in [4.69, 9.17) is 28.5 Å². The largest absolute Gasteiger partial charge is 0.504 e. The third kappa shape index (κ3) is 9.33. The van der Waals surface area contributed by atoms with Crippen LogP contribution in [0.4, 0.5) is 0 Å². The molecule has 0 unspecified atom stereocenters. The molecule has 0 bridgehead atoms. The molecular formula is C37H32O16. The molecule has 16 nitrogen and oxygen atoms in total. The van der Waals surface area contributed by atoms with E-state index in [9.17, 15) is 50.1 Å². The Kier molecular flexibility index (Phi) is 12.5. The number of aromatic hydroxyl groups is 6. The van der Waals surface area contributed by atoms with E-state index in [-0.39, 0.29) is 70.9 Å². The first kappa shape index (κ1) is 38.6. The minimum atomic E-state index is -1.66. The second kappa shape index (κ2) is 17.2. The number of carboxylic acids is 1. The van der Waals surface area contributed by atoms with Gasteiger partial charge in [-0.3, -0.25) is 4.79 Å². The van der Waals surface area contributed by atoms with Crippen LogP contribution in [0.2, 0.25) is 0 Å². The average Bonchev–Trinajstić information content (AvgIpc) is 3.53. The zero-order valence-electron chi connectivity index (χ0n) is 27.7. The van der Waals surface area contributed by atoms with Crippen molar-refractivity contribution in [2.45, 2.75) is 31.0 Å². The predicted octanol–water partition coefficient (Wildman–Crippen LogP) is 3.60. The highest BCUT2D eigenvalue weighted by Crippen LogP contribution is 2.53. The Morgan fingerprint density at radius 3 is 2.06 bits per heavy atom. The van der Waals surface area contributed by atoms with Crippen LogP contribution in [0.25, 0.3) is 6.08 Å². The molecule has 53 heavy (non-hydrogen) atoms. The van der Waals surface area contributed by atoms with Crippen molar-refractivity contribution >= 4 is 30.1 Å². The SMILES string of the molecule is COc1ccc(CCOC(=O)[C@H]2c3c(/C=C/C(=O)O[C@H](Cc4ccc(O)c(O)c4)C(=O)O)ccc(O)c3O[C@@H]2c2ccc(O)c(O)c2)cc1O.O=C=O. The van der Waals surface area contributed by atoms with Gasteiger partial charge in [-0.05, 0) is 70.8 Å². The number of carboxylic acid groups (broad SMARTS) is 1. The van der Waals surface area contributed by atoms with Gasteiger partial charge in [0.2, 0.25) is 6.10 Å². The molecule has 0 aromatic heterocycles. The lowest BCUT2D eigenvalue weighted by molar-refractivity contribution is -0.191. The molecular weight excluding hydrogens is 700 g/mol. The molecule has 0 spiro atoms. The van der Waals surface area contributed by atoms with E-state index in [1.165, 1.54) is 55.7 Å². The number of esters is 2. The molecule has 0 saturated carbocycles. The van der Waals surface area contributed by atoms with Gasteiger partial charge in [-0.15, -0.1) is 0 Å². The van der Waals surface area contributed by atoms with Crippen LogP contribution in [0.5, 0.6) is 46.0 Å². The fourth-order valence-electron chi connectivity index (χ4n) is 5.44. The van der Waals surface area contributed by atoms with Gasteiger partial charge in [-0.25, -0.2) is 9.59 Å². The van der Waals surface area contributed by atoms with Crippen molar-refractivity contribution in [1.29, 1.82) is 0 Å². The first-order chi connectivity index (χ1) is 25.3. The van der Waals surface area contributed by atoms with Crippen LogP contribution < -0.4 is 9.47 Å². The summed E-state index contributed by atoms with van der Waals surface area (Å²) in [6.45, 7) is -0.129. The van der Waals surface area contributed by atoms with E-state index in [0.29, 0.717) is 5.56 Å². The van der Waals surface area contributed by atoms with Crippen LogP contribution in [-0.2, 0) is 46.3 Å². The normalized spacial score (nSPS) is 14.8. The summed E-state index contributed by atoms with van der Waals surface area (Å²) >= 11 is 0. The Balaban J connectivity index is 0.00000202. The number of rotatable bonds is 12. The van der Waals surface area contributed by atoms with Crippen LogP contribution in [0, 0.1) is 0 Å². The van der Waals surface area contributed by atoms with Crippen LogP contribution >= 0.6 is 0 Å². The van der Waals surface area contributed by atoms with Crippen molar-refractivity contribution in [3.05, 3.63) is 101 Å². The Bertz CT molecular complexity index is 2060. The van der Waals surface area contributed by atoms with Gasteiger partial charge in [0.25, 0.3) is 0 Å². The Labute approximate surface area is 299 Å². The molecule has 4 aromatic carbocycles. The molecule has 0 radical (unpaired) electrons. The van der Waals surface area contributed by atoms with Crippen LogP contribution in [-0.4, -0.2) is 79.6 Å². The zero-order valence-corrected chi connectivity index (χ0v) is 27.7. The summed E-state index contributed by atoms with van der Waals surface area (Å²) in [5.74, 6) is -6.68. The summed E-state index contributed by atoms with van der Waals surface area (Å²) < 4.78 is 21.8. The van der Waals surface area contributed by atoms with Crippen molar-refractivity contribution in [2.75, 3.05) is 13.7 Å². The summed E-state index contributed by atoms with van der Waals surface area (Å²) in [6.07, 6.45) is -0.522. The maximum atomic E-state index is 13.8. The lowest BCUT2D eigenvalue weighted by atomic mass is 9.87. The first-order valence-corrected chi connectivity index (χ1v) is 15.5. The molecule has 0 amide bonds.